The molecule has 0 saturated heterocycles. The van der Waals surface area contributed by atoms with E-state index in [1.165, 1.54) is 50.7 Å². The number of halogens is 2. The Labute approximate surface area is 138 Å². The van der Waals surface area contributed by atoms with Gasteiger partial charge in [-0.15, -0.1) is 0 Å². The van der Waals surface area contributed by atoms with Crippen LogP contribution in [0.3, 0.4) is 0 Å². The molecule has 0 spiro atoms. The molecule has 0 aromatic heterocycles. The third-order valence-corrected chi connectivity index (χ3v) is 6.09. The number of methoxy groups -OCH3 is 1. The molecule has 1 nitrogen and oxygen atoms in total. The van der Waals surface area contributed by atoms with Gasteiger partial charge in [-0.2, -0.15) is 0 Å². The molecule has 3 rings (SSSR count). The molecule has 2 saturated carbocycles. The Hall–Kier alpha value is -0.960. The van der Waals surface area contributed by atoms with Crippen LogP contribution in [0.15, 0.2) is 18.2 Å². The predicted octanol–water partition coefficient (Wildman–Crippen LogP) is 5.69. The van der Waals surface area contributed by atoms with Gasteiger partial charge < -0.3 is 4.74 Å². The van der Waals surface area contributed by atoms with E-state index in [-0.39, 0.29) is 0 Å². The molecular weight excluding hydrogens is 294 g/mol. The Balaban J connectivity index is 1.51. The molecule has 0 bridgehead atoms. The van der Waals surface area contributed by atoms with Gasteiger partial charge in [-0.3, -0.25) is 0 Å². The molecule has 2 aliphatic carbocycles. The molecule has 23 heavy (non-hydrogen) atoms. The second kappa shape index (κ2) is 7.74. The highest BCUT2D eigenvalue weighted by Gasteiger charge is 2.31. The summed E-state index contributed by atoms with van der Waals surface area (Å²) in [6.07, 6.45) is 9.83. The topological polar surface area (TPSA) is 9.23 Å². The summed E-state index contributed by atoms with van der Waals surface area (Å²) < 4.78 is 32.1. The Morgan fingerprint density at radius 2 is 1.35 bits per heavy atom. The van der Waals surface area contributed by atoms with E-state index in [2.05, 4.69) is 0 Å². The molecule has 1 aromatic carbocycles. The molecule has 3 heteroatoms. The molecule has 2 fully saturated rings. The SMILES string of the molecule is COCC1CCC(C2CCC(c3cc(F)cc(F)c3)CC2)CC1. The van der Waals surface area contributed by atoms with Crippen molar-refractivity contribution in [2.45, 2.75) is 57.3 Å². The van der Waals surface area contributed by atoms with E-state index in [1.54, 1.807) is 7.11 Å². The van der Waals surface area contributed by atoms with Crippen LogP contribution in [-0.4, -0.2) is 13.7 Å². The van der Waals surface area contributed by atoms with Gasteiger partial charge in [0.25, 0.3) is 0 Å². The van der Waals surface area contributed by atoms with Crippen LogP contribution in [-0.2, 0) is 4.74 Å². The van der Waals surface area contributed by atoms with E-state index in [0.29, 0.717) is 5.92 Å². The first-order valence-electron chi connectivity index (χ1n) is 9.10. The summed E-state index contributed by atoms with van der Waals surface area (Å²) >= 11 is 0. The summed E-state index contributed by atoms with van der Waals surface area (Å²) in [5, 5.41) is 0. The van der Waals surface area contributed by atoms with Crippen molar-refractivity contribution in [2.24, 2.45) is 17.8 Å². The van der Waals surface area contributed by atoms with Crippen LogP contribution in [0.25, 0.3) is 0 Å². The van der Waals surface area contributed by atoms with Gasteiger partial charge in [-0.25, -0.2) is 8.78 Å². The molecule has 2 aliphatic rings. The highest BCUT2D eigenvalue weighted by atomic mass is 19.1. The normalized spacial score (nSPS) is 32.0. The van der Waals surface area contributed by atoms with E-state index in [4.69, 9.17) is 4.74 Å². The Morgan fingerprint density at radius 3 is 1.87 bits per heavy atom. The molecule has 0 unspecified atom stereocenters. The van der Waals surface area contributed by atoms with Gasteiger partial charge in [0.05, 0.1) is 0 Å². The van der Waals surface area contributed by atoms with Gasteiger partial charge >= 0.3 is 0 Å². The smallest absolute Gasteiger partial charge is 0.126 e. The quantitative estimate of drug-likeness (QED) is 0.692. The third-order valence-electron chi connectivity index (χ3n) is 6.09. The Morgan fingerprint density at radius 1 is 0.826 bits per heavy atom. The summed E-state index contributed by atoms with van der Waals surface area (Å²) in [4.78, 5) is 0. The molecule has 128 valence electrons. The number of hydrogen-bond donors (Lipinski definition) is 0. The van der Waals surface area contributed by atoms with E-state index in [1.807, 2.05) is 0 Å². The molecule has 0 atom stereocenters. The maximum Gasteiger partial charge on any atom is 0.126 e. The van der Waals surface area contributed by atoms with Crippen LogP contribution in [0, 0.1) is 29.4 Å². The van der Waals surface area contributed by atoms with Gasteiger partial charge in [-0.1, -0.05) is 0 Å². The molecule has 1 aromatic rings. The van der Waals surface area contributed by atoms with Crippen LogP contribution in [0.2, 0.25) is 0 Å². The number of ether oxygens (including phenoxy) is 1. The van der Waals surface area contributed by atoms with Crippen LogP contribution in [0.5, 0.6) is 0 Å². The minimum atomic E-state index is -0.446. The standard InChI is InChI=1S/C20H28F2O/c1-23-13-14-2-4-15(5-3-14)16-6-8-17(9-7-16)18-10-19(21)12-20(22)11-18/h10-12,14-17H,2-9,13H2,1H3. The first kappa shape index (κ1) is 16.9. The van der Waals surface area contributed by atoms with Crippen molar-refractivity contribution < 1.29 is 13.5 Å². The average Bonchev–Trinajstić information content (AvgIpc) is 2.55. The van der Waals surface area contributed by atoms with E-state index < -0.39 is 11.6 Å². The second-order valence-electron chi connectivity index (χ2n) is 7.55. The van der Waals surface area contributed by atoms with Crippen molar-refractivity contribution in [1.82, 2.24) is 0 Å². The van der Waals surface area contributed by atoms with Gasteiger partial charge in [0.2, 0.25) is 0 Å². The largest absolute Gasteiger partial charge is 0.384 e. The van der Waals surface area contributed by atoms with Gasteiger partial charge in [0, 0.05) is 19.8 Å². The van der Waals surface area contributed by atoms with Crippen LogP contribution >= 0.6 is 0 Å². The summed E-state index contributed by atoms with van der Waals surface area (Å²) in [6.45, 7) is 0.907. The molecule has 0 amide bonds. The number of benzene rings is 1. The van der Waals surface area contributed by atoms with Crippen molar-refractivity contribution >= 4 is 0 Å². The number of rotatable bonds is 4. The lowest BCUT2D eigenvalue weighted by atomic mass is 9.68. The van der Waals surface area contributed by atoms with E-state index in [0.717, 1.165) is 48.8 Å². The fourth-order valence-electron chi connectivity index (χ4n) is 4.80. The average molecular weight is 322 g/mol. The second-order valence-corrected chi connectivity index (χ2v) is 7.55. The lowest BCUT2D eigenvalue weighted by molar-refractivity contribution is 0.0968. The fourth-order valence-corrected chi connectivity index (χ4v) is 4.80. The fraction of sp³-hybridized carbons (Fsp3) is 0.700. The first-order valence-corrected chi connectivity index (χ1v) is 9.10. The molecule has 0 N–H and O–H groups in total. The van der Waals surface area contributed by atoms with Crippen molar-refractivity contribution in [3.63, 3.8) is 0 Å². The summed E-state index contributed by atoms with van der Waals surface area (Å²) in [6, 6.07) is 4.00. The molecule has 0 aliphatic heterocycles. The van der Waals surface area contributed by atoms with Crippen molar-refractivity contribution in [3.8, 4) is 0 Å². The minimum absolute atomic E-state index is 0.335. The highest BCUT2D eigenvalue weighted by Crippen LogP contribution is 2.44. The van der Waals surface area contributed by atoms with Gasteiger partial charge in [0.1, 0.15) is 11.6 Å². The maximum atomic E-state index is 13.4. The van der Waals surface area contributed by atoms with Gasteiger partial charge in [0.15, 0.2) is 0 Å². The maximum absolute atomic E-state index is 13.4. The van der Waals surface area contributed by atoms with Crippen LogP contribution in [0.4, 0.5) is 8.78 Å². The van der Waals surface area contributed by atoms with Crippen molar-refractivity contribution in [1.29, 1.82) is 0 Å². The van der Waals surface area contributed by atoms with Crippen LogP contribution < -0.4 is 0 Å². The zero-order valence-electron chi connectivity index (χ0n) is 14.1. The first-order chi connectivity index (χ1) is 11.2. The minimum Gasteiger partial charge on any atom is -0.384 e. The van der Waals surface area contributed by atoms with E-state index in [9.17, 15) is 8.78 Å². The summed E-state index contributed by atoms with van der Waals surface area (Å²) in [5.41, 5.74) is 0.852. The van der Waals surface area contributed by atoms with Crippen molar-refractivity contribution in [3.05, 3.63) is 35.4 Å². The van der Waals surface area contributed by atoms with Crippen molar-refractivity contribution in [2.75, 3.05) is 13.7 Å². The molecule has 0 radical (unpaired) electrons. The summed E-state index contributed by atoms with van der Waals surface area (Å²) in [5.74, 6) is 1.86. The lowest BCUT2D eigenvalue weighted by Gasteiger charge is -2.38. The zero-order chi connectivity index (χ0) is 16.2. The molecule has 0 heterocycles. The Bertz CT molecular complexity index is 480. The highest BCUT2D eigenvalue weighted by molar-refractivity contribution is 5.22. The number of hydrogen-bond acceptors (Lipinski definition) is 1. The van der Waals surface area contributed by atoms with Crippen LogP contribution in [0.1, 0.15) is 62.8 Å². The zero-order valence-corrected chi connectivity index (χ0v) is 14.1. The summed E-state index contributed by atoms with van der Waals surface area (Å²) in [7, 11) is 1.79. The Kier molecular flexibility index (Phi) is 5.68. The molecular formula is C20H28F2O. The third kappa shape index (κ3) is 4.32. The monoisotopic (exact) mass is 322 g/mol. The predicted molar refractivity (Wildman–Crippen MR) is 88.4 cm³/mol. The van der Waals surface area contributed by atoms with E-state index >= 15 is 0 Å². The van der Waals surface area contributed by atoms with Gasteiger partial charge in [-0.05, 0) is 92.7 Å². The lowest BCUT2D eigenvalue weighted by Crippen LogP contribution is -2.26.